The number of nitrogens with two attached hydrogens (primary N) is 1. The van der Waals surface area contributed by atoms with Crippen LogP contribution in [0.25, 0.3) is 0 Å². The van der Waals surface area contributed by atoms with Gasteiger partial charge in [0, 0.05) is 17.7 Å². The summed E-state index contributed by atoms with van der Waals surface area (Å²) in [4.78, 5) is 4.72. The van der Waals surface area contributed by atoms with E-state index >= 15 is 0 Å². The summed E-state index contributed by atoms with van der Waals surface area (Å²) in [5.74, 6) is 0. The van der Waals surface area contributed by atoms with E-state index in [1.54, 1.807) is 6.20 Å². The molecule has 118 valence electrons. The average molecular weight is 292 g/mol. The fourth-order valence-corrected chi connectivity index (χ4v) is 2.76. The monoisotopic (exact) mass is 292 g/mol. The Balaban J connectivity index is 2.01. The zero-order chi connectivity index (χ0) is 15.5. The van der Waals surface area contributed by atoms with Gasteiger partial charge in [0.2, 0.25) is 0 Å². The molecule has 0 unspecified atom stereocenters. The second kappa shape index (κ2) is 6.53. The molecule has 2 fully saturated rings. The fourth-order valence-electron chi connectivity index (χ4n) is 2.76. The molecule has 2 N–H and O–H groups in total. The standard InChI is InChI=1S/C16H29BN2O2/c1-15(2)16(3,4)21-17(20-15)13(11-18)12-19-14-9-7-5-6-8-10-14/h11-12,14H,5-10,18H2,1-4H3. The number of hydrogen-bond acceptors (Lipinski definition) is 4. The molecule has 0 aromatic heterocycles. The second-order valence-corrected chi connectivity index (χ2v) is 7.18. The van der Waals surface area contributed by atoms with Gasteiger partial charge in [-0.2, -0.15) is 0 Å². The molecular weight excluding hydrogens is 263 g/mol. The number of nitrogens with zero attached hydrogens (tertiary/aromatic N) is 1. The molecular formula is C16H29BN2O2. The molecule has 0 spiro atoms. The number of aliphatic imine (C=N–C) groups is 1. The lowest BCUT2D eigenvalue weighted by Gasteiger charge is -2.32. The van der Waals surface area contributed by atoms with Crippen LogP contribution in [0.5, 0.6) is 0 Å². The first-order chi connectivity index (χ1) is 9.86. The number of allylic oxidation sites excluding steroid dienone is 1. The minimum atomic E-state index is -0.422. The predicted molar refractivity (Wildman–Crippen MR) is 88.3 cm³/mol. The predicted octanol–water partition coefficient (Wildman–Crippen LogP) is 3.25. The molecule has 4 nitrogen and oxygen atoms in total. The lowest BCUT2D eigenvalue weighted by molar-refractivity contribution is 0.00578. The van der Waals surface area contributed by atoms with Crippen LogP contribution in [0.1, 0.15) is 66.2 Å². The summed E-state index contributed by atoms with van der Waals surface area (Å²) < 4.78 is 12.0. The van der Waals surface area contributed by atoms with Crippen molar-refractivity contribution in [3.63, 3.8) is 0 Å². The average Bonchev–Trinajstić information content (AvgIpc) is 2.61. The molecule has 0 aromatic carbocycles. The van der Waals surface area contributed by atoms with Gasteiger partial charge in [-0.25, -0.2) is 0 Å². The molecule has 0 amide bonds. The Morgan fingerprint density at radius 2 is 1.57 bits per heavy atom. The minimum Gasteiger partial charge on any atom is -0.405 e. The maximum atomic E-state index is 6.02. The molecule has 1 saturated carbocycles. The smallest absolute Gasteiger partial charge is 0.405 e. The fraction of sp³-hybridized carbons (Fsp3) is 0.812. The van der Waals surface area contributed by atoms with E-state index in [0.29, 0.717) is 6.04 Å². The van der Waals surface area contributed by atoms with Gasteiger partial charge < -0.3 is 15.0 Å². The van der Waals surface area contributed by atoms with Crippen LogP contribution in [0.2, 0.25) is 0 Å². The Morgan fingerprint density at radius 1 is 1.05 bits per heavy atom. The first-order valence-corrected chi connectivity index (χ1v) is 8.16. The summed E-state index contributed by atoms with van der Waals surface area (Å²) in [6, 6.07) is 0.421. The largest absolute Gasteiger partial charge is 0.497 e. The van der Waals surface area contributed by atoms with Crippen LogP contribution in [0, 0.1) is 0 Å². The van der Waals surface area contributed by atoms with Crippen LogP contribution in [0.4, 0.5) is 0 Å². The van der Waals surface area contributed by atoms with Gasteiger partial charge in [0.05, 0.1) is 11.2 Å². The summed E-state index contributed by atoms with van der Waals surface area (Å²) in [6.45, 7) is 8.18. The first-order valence-electron chi connectivity index (χ1n) is 8.16. The quantitative estimate of drug-likeness (QED) is 0.493. The van der Waals surface area contributed by atoms with Gasteiger partial charge in [0.15, 0.2) is 0 Å². The van der Waals surface area contributed by atoms with Crippen LogP contribution in [-0.2, 0) is 9.31 Å². The summed E-state index contributed by atoms with van der Waals surface area (Å²) in [5.41, 5.74) is 5.89. The lowest BCUT2D eigenvalue weighted by atomic mass is 9.79. The van der Waals surface area contributed by atoms with Crippen molar-refractivity contribution in [3.05, 3.63) is 11.7 Å². The first kappa shape index (κ1) is 16.6. The molecule has 1 heterocycles. The van der Waals surface area contributed by atoms with Gasteiger partial charge in [-0.3, -0.25) is 4.99 Å². The summed E-state index contributed by atoms with van der Waals surface area (Å²) in [6.07, 6.45) is 11.0. The van der Waals surface area contributed by atoms with Crippen LogP contribution < -0.4 is 5.73 Å². The molecule has 5 heteroatoms. The van der Waals surface area contributed by atoms with Crippen molar-refractivity contribution < 1.29 is 9.31 Å². The van der Waals surface area contributed by atoms with Gasteiger partial charge in [-0.1, -0.05) is 25.7 Å². The van der Waals surface area contributed by atoms with Crippen molar-refractivity contribution in [2.45, 2.75) is 83.5 Å². The lowest BCUT2D eigenvalue weighted by Crippen LogP contribution is -2.41. The van der Waals surface area contributed by atoms with E-state index in [2.05, 4.69) is 0 Å². The normalized spacial score (nSPS) is 27.2. The number of rotatable bonds is 3. The third-order valence-corrected chi connectivity index (χ3v) is 4.98. The molecule has 2 aliphatic rings. The van der Waals surface area contributed by atoms with Gasteiger partial charge in [-0.05, 0) is 46.7 Å². The van der Waals surface area contributed by atoms with Crippen molar-refractivity contribution in [1.82, 2.24) is 0 Å². The van der Waals surface area contributed by atoms with E-state index in [-0.39, 0.29) is 11.2 Å². The van der Waals surface area contributed by atoms with Crippen molar-refractivity contribution in [2.24, 2.45) is 10.7 Å². The number of hydrogen-bond donors (Lipinski definition) is 1. The Hall–Kier alpha value is -0.805. The van der Waals surface area contributed by atoms with Crippen molar-refractivity contribution in [3.8, 4) is 0 Å². The van der Waals surface area contributed by atoms with E-state index in [1.807, 2.05) is 33.9 Å². The zero-order valence-corrected chi connectivity index (χ0v) is 13.9. The van der Waals surface area contributed by atoms with Crippen molar-refractivity contribution >= 4 is 13.3 Å². The highest BCUT2D eigenvalue weighted by Crippen LogP contribution is 2.38. The van der Waals surface area contributed by atoms with Gasteiger partial charge >= 0.3 is 7.12 Å². The Bertz CT molecular complexity index is 395. The third kappa shape index (κ3) is 3.89. The Kier molecular flexibility index (Phi) is 5.15. The Morgan fingerprint density at radius 3 is 2.05 bits per heavy atom. The molecule has 0 aromatic rings. The minimum absolute atomic E-state index is 0.345. The molecule has 1 aliphatic carbocycles. The maximum Gasteiger partial charge on any atom is 0.497 e. The highest BCUT2D eigenvalue weighted by Gasteiger charge is 2.52. The summed E-state index contributed by atoms with van der Waals surface area (Å²) in [7, 11) is -0.422. The van der Waals surface area contributed by atoms with E-state index < -0.39 is 7.12 Å². The molecule has 0 bridgehead atoms. The molecule has 1 aliphatic heterocycles. The third-order valence-electron chi connectivity index (χ3n) is 4.98. The van der Waals surface area contributed by atoms with Gasteiger partial charge in [0.25, 0.3) is 0 Å². The second-order valence-electron chi connectivity index (χ2n) is 7.18. The highest BCUT2D eigenvalue weighted by atomic mass is 16.7. The van der Waals surface area contributed by atoms with Crippen molar-refractivity contribution in [2.75, 3.05) is 0 Å². The van der Waals surface area contributed by atoms with E-state index in [1.165, 1.54) is 38.5 Å². The van der Waals surface area contributed by atoms with E-state index in [9.17, 15) is 0 Å². The van der Waals surface area contributed by atoms with Gasteiger partial charge in [-0.15, -0.1) is 0 Å². The molecule has 0 radical (unpaired) electrons. The van der Waals surface area contributed by atoms with Crippen LogP contribution in [0.15, 0.2) is 16.7 Å². The van der Waals surface area contributed by atoms with E-state index in [4.69, 9.17) is 20.0 Å². The van der Waals surface area contributed by atoms with Crippen molar-refractivity contribution in [1.29, 1.82) is 0 Å². The molecule has 21 heavy (non-hydrogen) atoms. The molecule has 2 rings (SSSR count). The SMILES string of the molecule is CC1(C)OB(C(C=NC2CCCCCC2)=CN)OC1(C)C. The summed E-state index contributed by atoms with van der Waals surface area (Å²) >= 11 is 0. The molecule has 1 saturated heterocycles. The van der Waals surface area contributed by atoms with Crippen LogP contribution >= 0.6 is 0 Å². The van der Waals surface area contributed by atoms with Crippen LogP contribution in [0.3, 0.4) is 0 Å². The molecule has 0 atom stereocenters. The Labute approximate surface area is 129 Å². The summed E-state index contributed by atoms with van der Waals surface area (Å²) in [5, 5.41) is 0. The van der Waals surface area contributed by atoms with Gasteiger partial charge in [0.1, 0.15) is 0 Å². The van der Waals surface area contributed by atoms with E-state index in [0.717, 1.165) is 5.47 Å². The topological polar surface area (TPSA) is 56.8 Å². The maximum absolute atomic E-state index is 6.02. The van der Waals surface area contributed by atoms with Crippen LogP contribution in [-0.4, -0.2) is 30.6 Å². The zero-order valence-electron chi connectivity index (χ0n) is 13.9. The highest BCUT2D eigenvalue weighted by molar-refractivity contribution is 6.60.